The Kier molecular flexibility index (Phi) is 8.02. The SMILES string of the molecule is [B]c1c([B])c([B])c2c(-c3ccc4oc5ccc6ccccc6c5c4c3)c3c([B])c([B])c([B])c([B])c3c(-c3cccc(-c4ccc5c(ccc6ccccc65)c4)c3)c2c1[B]. The summed E-state index contributed by atoms with van der Waals surface area (Å²) in [6.45, 7) is 0. The molecule has 1 aromatic heterocycles. The third-order valence-corrected chi connectivity index (χ3v) is 12.2. The van der Waals surface area contributed by atoms with Crippen molar-refractivity contribution in [1.29, 1.82) is 0 Å². The van der Waals surface area contributed by atoms with Crippen LogP contribution in [-0.2, 0) is 0 Å². The van der Waals surface area contributed by atoms with Crippen LogP contribution in [0, 0.1) is 0 Å². The second-order valence-corrected chi connectivity index (χ2v) is 15.3. The average molecular weight is 725 g/mol. The van der Waals surface area contributed by atoms with E-state index in [0.717, 1.165) is 60.4 Å². The van der Waals surface area contributed by atoms with Gasteiger partial charge in [0.25, 0.3) is 0 Å². The number of fused-ring (bicyclic) bond motifs is 10. The van der Waals surface area contributed by atoms with E-state index >= 15 is 0 Å². The van der Waals surface area contributed by atoms with Crippen molar-refractivity contribution in [3.8, 4) is 33.4 Å². The molecule has 0 N–H and O–H groups in total. The van der Waals surface area contributed by atoms with Gasteiger partial charge in [0.15, 0.2) is 0 Å². The van der Waals surface area contributed by atoms with Gasteiger partial charge in [-0.05, 0) is 118 Å². The van der Waals surface area contributed by atoms with Crippen LogP contribution < -0.4 is 43.7 Å². The van der Waals surface area contributed by atoms with E-state index in [1.165, 1.54) is 16.2 Å². The van der Waals surface area contributed by atoms with Crippen LogP contribution in [0.1, 0.15) is 0 Å². The Morgan fingerprint density at radius 1 is 0.271 bits per heavy atom. The normalized spacial score (nSPS) is 11.9. The van der Waals surface area contributed by atoms with E-state index in [1.54, 1.807) is 0 Å². The Hall–Kier alpha value is -6.18. The number of rotatable bonds is 3. The van der Waals surface area contributed by atoms with Crippen molar-refractivity contribution in [2.24, 2.45) is 0 Å². The summed E-state index contributed by atoms with van der Waals surface area (Å²) < 4.78 is 6.39. The first-order chi connectivity index (χ1) is 28.6. The molecule has 0 unspecified atom stereocenters. The molecule has 0 aliphatic carbocycles. The molecule has 0 atom stereocenters. The third kappa shape index (κ3) is 5.16. The molecule has 0 aliphatic heterocycles. The maximum absolute atomic E-state index is 7.08. The fourth-order valence-electron chi connectivity index (χ4n) is 9.27. The van der Waals surface area contributed by atoms with Crippen molar-refractivity contribution in [2.45, 2.75) is 0 Å². The van der Waals surface area contributed by atoms with Gasteiger partial charge in [-0.1, -0.05) is 125 Å². The first-order valence-corrected chi connectivity index (χ1v) is 19.2. The summed E-state index contributed by atoms with van der Waals surface area (Å²) in [5, 5.41) is 11.0. The summed E-state index contributed by atoms with van der Waals surface area (Å²) in [4.78, 5) is 0. The molecule has 1 heterocycles. The largest absolute Gasteiger partial charge is 0.456 e. The van der Waals surface area contributed by atoms with E-state index in [1.807, 2.05) is 42.5 Å². The van der Waals surface area contributed by atoms with Gasteiger partial charge >= 0.3 is 0 Å². The third-order valence-electron chi connectivity index (χ3n) is 12.2. The molecule has 11 aromatic rings. The van der Waals surface area contributed by atoms with Gasteiger partial charge in [0.05, 0.1) is 0 Å². The zero-order valence-electron chi connectivity index (χ0n) is 31.7. The topological polar surface area (TPSA) is 13.1 Å². The van der Waals surface area contributed by atoms with Gasteiger partial charge in [0, 0.05) is 10.8 Å². The Morgan fingerprint density at radius 3 is 1.37 bits per heavy atom. The van der Waals surface area contributed by atoms with Crippen LogP contribution in [0.5, 0.6) is 0 Å². The highest BCUT2D eigenvalue weighted by Crippen LogP contribution is 2.44. The predicted molar refractivity (Wildman–Crippen MR) is 261 cm³/mol. The maximum Gasteiger partial charge on any atom is 0.136 e. The molecule has 59 heavy (non-hydrogen) atoms. The molecule has 9 heteroatoms. The van der Waals surface area contributed by atoms with Gasteiger partial charge in [-0.15, -0.1) is 21.9 Å². The van der Waals surface area contributed by atoms with Crippen molar-refractivity contribution < 1.29 is 4.42 Å². The molecular formula is C50H22B8O. The van der Waals surface area contributed by atoms with Gasteiger partial charge < -0.3 is 4.42 Å². The summed E-state index contributed by atoms with van der Waals surface area (Å²) in [6.07, 6.45) is 0. The lowest BCUT2D eigenvalue weighted by Crippen LogP contribution is -2.50. The monoisotopic (exact) mass is 726 g/mol. The number of benzene rings is 10. The minimum Gasteiger partial charge on any atom is -0.456 e. The van der Waals surface area contributed by atoms with Crippen molar-refractivity contribution in [2.75, 3.05) is 0 Å². The van der Waals surface area contributed by atoms with Gasteiger partial charge in [-0.25, -0.2) is 0 Å². The molecule has 0 spiro atoms. The molecule has 0 aliphatic rings. The van der Waals surface area contributed by atoms with Gasteiger partial charge in [-0.2, -0.15) is 0 Å². The zero-order valence-corrected chi connectivity index (χ0v) is 31.7. The lowest BCUT2D eigenvalue weighted by atomic mass is 9.59. The molecule has 252 valence electrons. The molecule has 0 amide bonds. The molecule has 0 bridgehead atoms. The van der Waals surface area contributed by atoms with E-state index in [-0.39, 0.29) is 43.7 Å². The quantitative estimate of drug-likeness (QED) is 0.146. The molecule has 11 rings (SSSR count). The van der Waals surface area contributed by atoms with Crippen molar-refractivity contribution >= 4 is 182 Å². The molecule has 16 radical (unpaired) electrons. The van der Waals surface area contributed by atoms with E-state index in [9.17, 15) is 0 Å². The van der Waals surface area contributed by atoms with Crippen LogP contribution in [0.25, 0.3) is 109 Å². The number of furan rings is 1. The highest BCUT2D eigenvalue weighted by atomic mass is 16.3. The Morgan fingerprint density at radius 2 is 0.729 bits per heavy atom. The standard InChI is InChI=1S/C50H22B8O/c51-43-39-36(28-9-5-8-25(21-28)26-14-17-31-27(20-26)13-12-23-6-1-3-10-30(23)31)40-42(46(54)50(58)48(56)44(40)52)37(41(39)45(53)49(57)47(43)55)29-16-18-34-33(22-29)38-32-11-4-2-7-24(32)15-19-35(38)59-34/h1-22H. The summed E-state index contributed by atoms with van der Waals surface area (Å²) in [5.41, 5.74) is 7.98. The van der Waals surface area contributed by atoms with E-state index in [0.29, 0.717) is 32.7 Å². The van der Waals surface area contributed by atoms with E-state index < -0.39 is 0 Å². The highest BCUT2D eigenvalue weighted by molar-refractivity contribution is 6.71. The fraction of sp³-hybridized carbons (Fsp3) is 0. The summed E-state index contributed by atoms with van der Waals surface area (Å²) in [6, 6.07) is 45.7. The van der Waals surface area contributed by atoms with Crippen molar-refractivity contribution in [3.63, 3.8) is 0 Å². The van der Waals surface area contributed by atoms with Crippen LogP contribution in [0.2, 0.25) is 0 Å². The van der Waals surface area contributed by atoms with Crippen molar-refractivity contribution in [3.05, 3.63) is 133 Å². The molecular weight excluding hydrogens is 703 g/mol. The smallest absolute Gasteiger partial charge is 0.136 e. The van der Waals surface area contributed by atoms with E-state index in [4.69, 9.17) is 67.2 Å². The lowest BCUT2D eigenvalue weighted by Gasteiger charge is -2.28. The average Bonchev–Trinajstić information content (AvgIpc) is 3.66. The van der Waals surface area contributed by atoms with Crippen LogP contribution in [-0.4, -0.2) is 62.8 Å². The first-order valence-electron chi connectivity index (χ1n) is 19.2. The van der Waals surface area contributed by atoms with Gasteiger partial charge in [0.1, 0.15) is 73.9 Å². The Labute approximate surface area is 351 Å². The lowest BCUT2D eigenvalue weighted by molar-refractivity contribution is 0.669. The van der Waals surface area contributed by atoms with Gasteiger partial charge in [-0.3, -0.25) is 0 Å². The molecule has 0 fully saturated rings. The first kappa shape index (κ1) is 35.9. The van der Waals surface area contributed by atoms with Crippen molar-refractivity contribution in [1.82, 2.24) is 0 Å². The number of hydrogen-bond donors (Lipinski definition) is 0. The zero-order chi connectivity index (χ0) is 40.4. The molecule has 10 aromatic carbocycles. The second kappa shape index (κ2) is 13.2. The van der Waals surface area contributed by atoms with Crippen LogP contribution in [0.3, 0.4) is 0 Å². The van der Waals surface area contributed by atoms with Crippen LogP contribution >= 0.6 is 0 Å². The van der Waals surface area contributed by atoms with Gasteiger partial charge in [0.2, 0.25) is 0 Å². The summed E-state index contributed by atoms with van der Waals surface area (Å²) in [5.74, 6) is 0. The predicted octanol–water partition coefficient (Wildman–Crippen LogP) is 4.70. The Bertz CT molecular complexity index is 3580. The summed E-state index contributed by atoms with van der Waals surface area (Å²) in [7, 11) is 55.1. The maximum atomic E-state index is 7.08. The highest BCUT2D eigenvalue weighted by Gasteiger charge is 2.25. The molecule has 0 saturated carbocycles. The number of hydrogen-bond acceptors (Lipinski definition) is 1. The minimum atomic E-state index is 0.162. The van der Waals surface area contributed by atoms with Crippen LogP contribution in [0.4, 0.5) is 0 Å². The fourth-order valence-corrected chi connectivity index (χ4v) is 9.27. The van der Waals surface area contributed by atoms with Crippen LogP contribution in [0.15, 0.2) is 138 Å². The second-order valence-electron chi connectivity index (χ2n) is 15.3. The molecule has 1 nitrogen and oxygen atoms in total. The molecule has 0 saturated heterocycles. The minimum absolute atomic E-state index is 0.162. The van der Waals surface area contributed by atoms with E-state index in [2.05, 4.69) is 91.0 Å². The Balaban J connectivity index is 1.25. The summed E-state index contributed by atoms with van der Waals surface area (Å²) >= 11 is 0.